The summed E-state index contributed by atoms with van der Waals surface area (Å²) in [5, 5.41) is 0. The van der Waals surface area contributed by atoms with Crippen molar-refractivity contribution in [3.63, 3.8) is 0 Å². The Bertz CT molecular complexity index is 959. The topological polar surface area (TPSA) is 37.4 Å². The quantitative estimate of drug-likeness (QED) is 0.712. The van der Waals surface area contributed by atoms with Gasteiger partial charge in [-0.25, -0.2) is 12.7 Å². The SMILES string of the molecule is Cc1ccc(S(=O)(=O)N2C(F)=CC(C)(C)/C2=C\Cc2ccccc2)cc1. The fourth-order valence-corrected chi connectivity index (χ4v) is 4.58. The molecule has 0 unspecified atom stereocenters. The first-order chi connectivity index (χ1) is 12.2. The summed E-state index contributed by atoms with van der Waals surface area (Å²) >= 11 is 0. The molecule has 1 aliphatic rings. The minimum Gasteiger partial charge on any atom is -0.213 e. The van der Waals surface area contributed by atoms with Crippen LogP contribution in [0.1, 0.15) is 25.0 Å². The number of rotatable bonds is 4. The zero-order valence-corrected chi connectivity index (χ0v) is 15.9. The van der Waals surface area contributed by atoms with Crippen LogP contribution >= 0.6 is 0 Å². The molecule has 3 nitrogen and oxygen atoms in total. The van der Waals surface area contributed by atoms with E-state index in [-0.39, 0.29) is 4.90 Å². The Kier molecular flexibility index (Phi) is 4.76. The predicted octanol–water partition coefficient (Wildman–Crippen LogP) is 4.96. The molecular formula is C21H22FNO2S. The molecule has 0 radical (unpaired) electrons. The van der Waals surface area contributed by atoms with Gasteiger partial charge in [0.15, 0.2) is 0 Å². The van der Waals surface area contributed by atoms with E-state index in [9.17, 15) is 12.8 Å². The highest BCUT2D eigenvalue weighted by Crippen LogP contribution is 2.44. The van der Waals surface area contributed by atoms with Crippen LogP contribution in [0.4, 0.5) is 4.39 Å². The number of nitrogens with zero attached hydrogens (tertiary/aromatic N) is 1. The maximum atomic E-state index is 14.7. The van der Waals surface area contributed by atoms with Gasteiger partial charge in [-0.1, -0.05) is 68.0 Å². The summed E-state index contributed by atoms with van der Waals surface area (Å²) in [6.45, 7) is 5.50. The normalized spacial score (nSPS) is 18.2. The maximum Gasteiger partial charge on any atom is 0.270 e. The Morgan fingerprint density at radius 3 is 2.27 bits per heavy atom. The number of sulfonamides is 1. The first-order valence-electron chi connectivity index (χ1n) is 8.47. The van der Waals surface area contributed by atoms with Crippen molar-refractivity contribution in [1.82, 2.24) is 4.31 Å². The fourth-order valence-electron chi connectivity index (χ4n) is 3.04. The minimum atomic E-state index is -4.01. The predicted molar refractivity (Wildman–Crippen MR) is 101 cm³/mol. The number of halogens is 1. The zero-order chi connectivity index (χ0) is 18.9. The average molecular weight is 371 g/mol. The van der Waals surface area contributed by atoms with E-state index in [1.54, 1.807) is 18.2 Å². The molecule has 5 heteroatoms. The van der Waals surface area contributed by atoms with E-state index < -0.39 is 21.4 Å². The van der Waals surface area contributed by atoms with Crippen molar-refractivity contribution in [2.24, 2.45) is 5.41 Å². The summed E-state index contributed by atoms with van der Waals surface area (Å²) in [5.41, 5.74) is 1.70. The van der Waals surface area contributed by atoms with Gasteiger partial charge in [-0.05, 0) is 37.1 Å². The van der Waals surface area contributed by atoms with E-state index >= 15 is 0 Å². The van der Waals surface area contributed by atoms with E-state index in [0.29, 0.717) is 12.1 Å². The summed E-state index contributed by atoms with van der Waals surface area (Å²) < 4.78 is 41.7. The Morgan fingerprint density at radius 1 is 1.04 bits per heavy atom. The van der Waals surface area contributed by atoms with Gasteiger partial charge < -0.3 is 0 Å². The molecule has 0 aliphatic carbocycles. The highest BCUT2D eigenvalue weighted by atomic mass is 32.2. The molecule has 136 valence electrons. The molecule has 1 aliphatic heterocycles. The summed E-state index contributed by atoms with van der Waals surface area (Å²) in [6, 6.07) is 16.1. The Labute approximate surface area is 154 Å². The second-order valence-electron chi connectivity index (χ2n) is 7.05. The largest absolute Gasteiger partial charge is 0.270 e. The van der Waals surface area contributed by atoms with Crippen molar-refractivity contribution in [1.29, 1.82) is 0 Å². The third-order valence-electron chi connectivity index (χ3n) is 4.49. The summed E-state index contributed by atoms with van der Waals surface area (Å²) in [7, 11) is -4.01. The van der Waals surface area contributed by atoms with Gasteiger partial charge in [0, 0.05) is 11.1 Å². The molecule has 0 spiro atoms. The Hall–Kier alpha value is -2.40. The highest BCUT2D eigenvalue weighted by Gasteiger charge is 2.42. The highest BCUT2D eigenvalue weighted by molar-refractivity contribution is 7.89. The van der Waals surface area contributed by atoms with Crippen LogP contribution in [0.15, 0.2) is 83.3 Å². The third-order valence-corrected chi connectivity index (χ3v) is 6.21. The Balaban J connectivity index is 2.02. The van der Waals surface area contributed by atoms with Crippen LogP contribution < -0.4 is 0 Å². The molecule has 3 rings (SSSR count). The van der Waals surface area contributed by atoms with Crippen LogP contribution in [0, 0.1) is 12.3 Å². The van der Waals surface area contributed by atoms with Crippen molar-refractivity contribution in [3.05, 3.63) is 89.5 Å². The molecule has 0 N–H and O–H groups in total. The maximum absolute atomic E-state index is 14.7. The molecule has 1 heterocycles. The van der Waals surface area contributed by atoms with Crippen molar-refractivity contribution < 1.29 is 12.8 Å². The lowest BCUT2D eigenvalue weighted by Gasteiger charge is -2.26. The third kappa shape index (κ3) is 3.44. The molecule has 0 atom stereocenters. The molecule has 0 bridgehead atoms. The zero-order valence-electron chi connectivity index (χ0n) is 15.1. The summed E-state index contributed by atoms with van der Waals surface area (Å²) in [4.78, 5) is 0.0787. The van der Waals surface area contributed by atoms with Gasteiger partial charge in [-0.2, -0.15) is 4.39 Å². The van der Waals surface area contributed by atoms with Crippen LogP contribution in [0.25, 0.3) is 0 Å². The molecule has 0 saturated carbocycles. The van der Waals surface area contributed by atoms with Gasteiger partial charge >= 0.3 is 0 Å². The van der Waals surface area contributed by atoms with Gasteiger partial charge in [-0.3, -0.25) is 0 Å². The number of benzene rings is 2. The van der Waals surface area contributed by atoms with Gasteiger partial charge in [-0.15, -0.1) is 0 Å². The van der Waals surface area contributed by atoms with Crippen molar-refractivity contribution in [2.75, 3.05) is 0 Å². The van der Waals surface area contributed by atoms with Crippen LogP contribution in [0.2, 0.25) is 0 Å². The summed E-state index contributed by atoms with van der Waals surface area (Å²) in [5.74, 6) is -0.755. The molecule has 0 amide bonds. The van der Waals surface area contributed by atoms with Crippen molar-refractivity contribution in [3.8, 4) is 0 Å². The smallest absolute Gasteiger partial charge is 0.213 e. The first-order valence-corrected chi connectivity index (χ1v) is 9.91. The van der Waals surface area contributed by atoms with Crippen molar-refractivity contribution >= 4 is 10.0 Å². The lowest BCUT2D eigenvalue weighted by molar-refractivity contribution is 0.425. The first kappa shape index (κ1) is 18.4. The molecule has 2 aromatic carbocycles. The molecular weight excluding hydrogens is 349 g/mol. The fraction of sp³-hybridized carbons (Fsp3) is 0.238. The summed E-state index contributed by atoms with van der Waals surface area (Å²) in [6.07, 6.45) is 3.68. The van der Waals surface area contributed by atoms with Gasteiger partial charge in [0.1, 0.15) is 0 Å². The van der Waals surface area contributed by atoms with Gasteiger partial charge in [0.25, 0.3) is 10.0 Å². The van der Waals surface area contributed by atoms with E-state index in [4.69, 9.17) is 0 Å². The van der Waals surface area contributed by atoms with E-state index in [2.05, 4.69) is 0 Å². The van der Waals surface area contributed by atoms with E-state index in [1.165, 1.54) is 18.2 Å². The van der Waals surface area contributed by atoms with E-state index in [0.717, 1.165) is 15.4 Å². The van der Waals surface area contributed by atoms with Crippen LogP contribution in [-0.2, 0) is 16.4 Å². The average Bonchev–Trinajstić information content (AvgIpc) is 2.83. The second kappa shape index (κ2) is 6.72. The molecule has 0 aromatic heterocycles. The van der Waals surface area contributed by atoms with Gasteiger partial charge in [0.05, 0.1) is 4.90 Å². The lowest BCUT2D eigenvalue weighted by Crippen LogP contribution is -2.29. The molecule has 0 fully saturated rings. The standard InChI is InChI=1S/C21H22FNO2S/c1-16-9-12-18(13-10-16)26(24,25)23-19(21(2,3)15-20(23)22)14-11-17-7-5-4-6-8-17/h4-10,12-15H,11H2,1-3H3/b19-14+. The Morgan fingerprint density at radius 2 is 1.65 bits per heavy atom. The molecule has 26 heavy (non-hydrogen) atoms. The number of hydrogen-bond donors (Lipinski definition) is 0. The minimum absolute atomic E-state index is 0.0787. The van der Waals surface area contributed by atoms with Crippen LogP contribution in [0.5, 0.6) is 0 Å². The van der Waals surface area contributed by atoms with Crippen LogP contribution in [-0.4, -0.2) is 12.7 Å². The number of allylic oxidation sites excluding steroid dienone is 2. The van der Waals surface area contributed by atoms with Gasteiger partial charge in [0.2, 0.25) is 5.95 Å². The monoisotopic (exact) mass is 371 g/mol. The van der Waals surface area contributed by atoms with E-state index in [1.807, 2.05) is 51.1 Å². The molecule has 0 saturated heterocycles. The number of aryl methyl sites for hydroxylation is 1. The second-order valence-corrected chi connectivity index (χ2v) is 8.84. The number of hydrogen-bond acceptors (Lipinski definition) is 2. The molecule has 2 aromatic rings. The van der Waals surface area contributed by atoms with Crippen LogP contribution in [0.3, 0.4) is 0 Å². The lowest BCUT2D eigenvalue weighted by atomic mass is 9.90. The van der Waals surface area contributed by atoms with Crippen molar-refractivity contribution in [2.45, 2.75) is 32.1 Å².